The van der Waals surface area contributed by atoms with Crippen LogP contribution >= 0.6 is 11.6 Å². The van der Waals surface area contributed by atoms with Crippen molar-refractivity contribution >= 4 is 23.1 Å². The molecule has 3 N–H and O–H groups in total. The van der Waals surface area contributed by atoms with Crippen molar-refractivity contribution in [3.63, 3.8) is 0 Å². The molecule has 0 bridgehead atoms. The molecule has 0 unspecified atom stereocenters. The lowest BCUT2D eigenvalue weighted by Crippen LogP contribution is -2.22. The highest BCUT2D eigenvalue weighted by Crippen LogP contribution is 2.21. The molecule has 0 aliphatic carbocycles. The van der Waals surface area contributed by atoms with Gasteiger partial charge in [0.1, 0.15) is 12.0 Å². The molecule has 0 saturated carbocycles. The van der Waals surface area contributed by atoms with Crippen LogP contribution in [0.15, 0.2) is 6.33 Å². The lowest BCUT2D eigenvalue weighted by Gasteiger charge is -2.14. The molecule has 0 radical (unpaired) electrons. The van der Waals surface area contributed by atoms with Gasteiger partial charge < -0.3 is 16.0 Å². The van der Waals surface area contributed by atoms with E-state index in [1.54, 1.807) is 0 Å². The summed E-state index contributed by atoms with van der Waals surface area (Å²) in [6, 6.07) is 0. The topological polar surface area (TPSA) is 67.1 Å². The summed E-state index contributed by atoms with van der Waals surface area (Å²) < 4.78 is 0. The van der Waals surface area contributed by atoms with E-state index in [0.29, 0.717) is 16.7 Å². The SMILES string of the molecule is Nc1c(Cl)ncnc1NCCCN1CCCC1. The minimum atomic E-state index is 0.307. The van der Waals surface area contributed by atoms with E-state index in [9.17, 15) is 0 Å². The van der Waals surface area contributed by atoms with Crippen LogP contribution in [-0.4, -0.2) is 41.0 Å². The van der Waals surface area contributed by atoms with E-state index >= 15 is 0 Å². The van der Waals surface area contributed by atoms with Gasteiger partial charge in [0.2, 0.25) is 0 Å². The molecule has 94 valence electrons. The second kappa shape index (κ2) is 6.02. The number of hydrogen-bond acceptors (Lipinski definition) is 5. The molecule has 0 atom stereocenters. The average Bonchev–Trinajstić information content (AvgIpc) is 2.83. The largest absolute Gasteiger partial charge is 0.393 e. The van der Waals surface area contributed by atoms with E-state index in [-0.39, 0.29) is 0 Å². The van der Waals surface area contributed by atoms with Crippen molar-refractivity contribution in [2.24, 2.45) is 0 Å². The standard InChI is InChI=1S/C11H18ClN5/c12-10-9(13)11(16-8-15-10)14-4-3-7-17-5-1-2-6-17/h8H,1-7,13H2,(H,14,15,16). The van der Waals surface area contributed by atoms with E-state index < -0.39 is 0 Å². The van der Waals surface area contributed by atoms with Crippen LogP contribution in [0.4, 0.5) is 11.5 Å². The van der Waals surface area contributed by atoms with Crippen molar-refractivity contribution < 1.29 is 0 Å². The number of nitrogens with two attached hydrogens (primary N) is 1. The summed E-state index contributed by atoms with van der Waals surface area (Å²) in [5.74, 6) is 0.631. The van der Waals surface area contributed by atoms with Crippen LogP contribution in [0.5, 0.6) is 0 Å². The molecule has 17 heavy (non-hydrogen) atoms. The normalized spacial score (nSPS) is 16.3. The van der Waals surface area contributed by atoms with E-state index in [0.717, 1.165) is 19.5 Å². The highest BCUT2D eigenvalue weighted by atomic mass is 35.5. The zero-order valence-corrected chi connectivity index (χ0v) is 10.6. The lowest BCUT2D eigenvalue weighted by atomic mass is 10.3. The molecule has 1 aliphatic rings. The van der Waals surface area contributed by atoms with Gasteiger partial charge in [-0.15, -0.1) is 0 Å². The Morgan fingerprint density at radius 1 is 1.35 bits per heavy atom. The first-order valence-electron chi connectivity index (χ1n) is 5.99. The van der Waals surface area contributed by atoms with Crippen molar-refractivity contribution in [3.05, 3.63) is 11.5 Å². The van der Waals surface area contributed by atoms with Gasteiger partial charge in [0, 0.05) is 6.54 Å². The molecule has 1 aromatic heterocycles. The van der Waals surface area contributed by atoms with E-state index in [2.05, 4.69) is 20.2 Å². The Kier molecular flexibility index (Phi) is 4.39. The molecule has 1 saturated heterocycles. The fourth-order valence-electron chi connectivity index (χ4n) is 2.03. The smallest absolute Gasteiger partial charge is 0.157 e. The Bertz CT molecular complexity index is 365. The van der Waals surface area contributed by atoms with Gasteiger partial charge in [-0.1, -0.05) is 11.6 Å². The molecule has 5 nitrogen and oxygen atoms in total. The summed E-state index contributed by atoms with van der Waals surface area (Å²) in [4.78, 5) is 10.4. The lowest BCUT2D eigenvalue weighted by molar-refractivity contribution is 0.337. The van der Waals surface area contributed by atoms with Crippen molar-refractivity contribution in [2.45, 2.75) is 19.3 Å². The number of nitrogens with zero attached hydrogens (tertiary/aromatic N) is 3. The zero-order chi connectivity index (χ0) is 12.1. The predicted molar refractivity (Wildman–Crippen MR) is 70.2 cm³/mol. The maximum absolute atomic E-state index is 5.81. The molecule has 2 rings (SSSR count). The summed E-state index contributed by atoms with van der Waals surface area (Å²) in [7, 11) is 0. The Balaban J connectivity index is 1.72. The fraction of sp³-hybridized carbons (Fsp3) is 0.636. The molecular weight excluding hydrogens is 238 g/mol. The number of likely N-dealkylation sites (tertiary alicyclic amines) is 1. The molecule has 1 aromatic rings. The third-order valence-electron chi connectivity index (χ3n) is 2.98. The van der Waals surface area contributed by atoms with Gasteiger partial charge in [-0.25, -0.2) is 9.97 Å². The second-order valence-electron chi connectivity index (χ2n) is 4.26. The fourth-order valence-corrected chi connectivity index (χ4v) is 2.16. The van der Waals surface area contributed by atoms with Gasteiger partial charge in [0.25, 0.3) is 0 Å². The predicted octanol–water partition coefficient (Wildman–Crippen LogP) is 1.61. The number of halogens is 1. The highest BCUT2D eigenvalue weighted by Gasteiger charge is 2.10. The number of nitrogen functional groups attached to an aromatic ring is 1. The summed E-state index contributed by atoms with van der Waals surface area (Å²) in [5.41, 5.74) is 6.18. The van der Waals surface area contributed by atoms with Gasteiger partial charge in [-0.2, -0.15) is 0 Å². The molecule has 1 fully saturated rings. The van der Waals surface area contributed by atoms with E-state index in [4.69, 9.17) is 17.3 Å². The summed E-state index contributed by atoms with van der Waals surface area (Å²) >= 11 is 5.81. The monoisotopic (exact) mass is 255 g/mol. The van der Waals surface area contributed by atoms with Gasteiger partial charge in [0.15, 0.2) is 11.0 Å². The molecule has 6 heteroatoms. The maximum atomic E-state index is 5.81. The van der Waals surface area contributed by atoms with Gasteiger partial charge in [-0.05, 0) is 38.9 Å². The minimum Gasteiger partial charge on any atom is -0.393 e. The van der Waals surface area contributed by atoms with E-state index in [1.807, 2.05) is 0 Å². The van der Waals surface area contributed by atoms with Crippen LogP contribution in [0, 0.1) is 0 Å². The molecular formula is C11H18ClN5. The molecule has 1 aliphatic heterocycles. The average molecular weight is 256 g/mol. The Labute approximate surface area is 106 Å². The van der Waals surface area contributed by atoms with E-state index in [1.165, 1.54) is 32.3 Å². The van der Waals surface area contributed by atoms with Crippen LogP contribution in [0.25, 0.3) is 0 Å². The number of nitrogens with one attached hydrogen (secondary N) is 1. The Morgan fingerprint density at radius 3 is 2.88 bits per heavy atom. The summed E-state index contributed by atoms with van der Waals surface area (Å²) in [5, 5.41) is 3.50. The molecule has 0 aromatic carbocycles. The maximum Gasteiger partial charge on any atom is 0.157 e. The number of hydrogen-bond donors (Lipinski definition) is 2. The third-order valence-corrected chi connectivity index (χ3v) is 3.28. The van der Waals surface area contributed by atoms with Crippen LogP contribution in [-0.2, 0) is 0 Å². The molecule has 0 amide bonds. The minimum absolute atomic E-state index is 0.307. The first kappa shape index (κ1) is 12.4. The quantitative estimate of drug-likeness (QED) is 0.618. The van der Waals surface area contributed by atoms with Crippen LogP contribution in [0.3, 0.4) is 0 Å². The highest BCUT2D eigenvalue weighted by molar-refractivity contribution is 6.32. The van der Waals surface area contributed by atoms with Crippen LogP contribution in [0.1, 0.15) is 19.3 Å². The van der Waals surface area contributed by atoms with Crippen molar-refractivity contribution in [2.75, 3.05) is 37.2 Å². The number of aromatic nitrogens is 2. The summed E-state index contributed by atoms with van der Waals surface area (Å²) in [6.07, 6.45) is 5.17. The number of anilines is 2. The van der Waals surface area contributed by atoms with Gasteiger partial charge >= 0.3 is 0 Å². The van der Waals surface area contributed by atoms with Crippen LogP contribution < -0.4 is 11.1 Å². The van der Waals surface area contributed by atoms with Crippen molar-refractivity contribution in [1.82, 2.24) is 14.9 Å². The molecule has 0 spiro atoms. The first-order chi connectivity index (χ1) is 8.27. The molecule has 2 heterocycles. The van der Waals surface area contributed by atoms with Crippen molar-refractivity contribution in [3.8, 4) is 0 Å². The first-order valence-corrected chi connectivity index (χ1v) is 6.37. The number of rotatable bonds is 5. The van der Waals surface area contributed by atoms with Gasteiger partial charge in [-0.3, -0.25) is 0 Å². The zero-order valence-electron chi connectivity index (χ0n) is 9.82. The Morgan fingerprint density at radius 2 is 2.12 bits per heavy atom. The van der Waals surface area contributed by atoms with Gasteiger partial charge in [0.05, 0.1) is 0 Å². The Hall–Kier alpha value is -1.07. The summed E-state index contributed by atoms with van der Waals surface area (Å²) in [6.45, 7) is 4.46. The third kappa shape index (κ3) is 3.44. The van der Waals surface area contributed by atoms with Crippen LogP contribution in [0.2, 0.25) is 5.15 Å². The van der Waals surface area contributed by atoms with Crippen molar-refractivity contribution in [1.29, 1.82) is 0 Å². The second-order valence-corrected chi connectivity index (χ2v) is 4.61.